The number of sulfonamides is 1. The molecule has 2 rings (SSSR count). The van der Waals surface area contributed by atoms with E-state index < -0.39 is 10.0 Å². The summed E-state index contributed by atoms with van der Waals surface area (Å²) in [6.07, 6.45) is 4.54. The van der Waals surface area contributed by atoms with Crippen LogP contribution in [0.25, 0.3) is 0 Å². The Morgan fingerprint density at radius 3 is 2.48 bits per heavy atom. The van der Waals surface area contributed by atoms with E-state index in [1.807, 2.05) is 0 Å². The van der Waals surface area contributed by atoms with Crippen molar-refractivity contribution in [3.63, 3.8) is 0 Å². The number of hydrogen-bond acceptors (Lipinski definition) is 5. The molecular formula is C14H26N2O4S. The second-order valence-corrected chi connectivity index (χ2v) is 8.03. The van der Waals surface area contributed by atoms with Gasteiger partial charge in [-0.1, -0.05) is 0 Å². The van der Waals surface area contributed by atoms with E-state index in [0.29, 0.717) is 18.9 Å². The highest BCUT2D eigenvalue weighted by Gasteiger charge is 2.38. The summed E-state index contributed by atoms with van der Waals surface area (Å²) in [6, 6.07) is 0.197. The van der Waals surface area contributed by atoms with Gasteiger partial charge in [0.2, 0.25) is 10.0 Å². The zero-order chi connectivity index (χ0) is 15.3. The minimum Gasteiger partial charge on any atom is -0.469 e. The Labute approximate surface area is 127 Å². The van der Waals surface area contributed by atoms with Gasteiger partial charge < -0.3 is 10.1 Å². The third-order valence-corrected chi connectivity index (χ3v) is 6.19. The van der Waals surface area contributed by atoms with Crippen molar-refractivity contribution in [1.82, 2.24) is 9.62 Å². The normalized spacial score (nSPS) is 20.7. The molecule has 0 aromatic rings. The van der Waals surface area contributed by atoms with Gasteiger partial charge in [0.25, 0.3) is 0 Å². The van der Waals surface area contributed by atoms with Gasteiger partial charge >= 0.3 is 5.97 Å². The number of nitrogens with zero attached hydrogens (tertiary/aromatic N) is 1. The molecule has 1 saturated heterocycles. The van der Waals surface area contributed by atoms with Crippen molar-refractivity contribution in [2.75, 3.05) is 32.5 Å². The molecule has 2 fully saturated rings. The molecule has 6 nitrogen and oxygen atoms in total. The van der Waals surface area contributed by atoms with Crippen LogP contribution in [0, 0.1) is 5.92 Å². The lowest BCUT2D eigenvalue weighted by atomic mass is 9.98. The highest BCUT2D eigenvalue weighted by atomic mass is 32.2. The summed E-state index contributed by atoms with van der Waals surface area (Å²) in [7, 11) is -1.93. The van der Waals surface area contributed by atoms with E-state index in [1.54, 1.807) is 4.31 Å². The highest BCUT2D eigenvalue weighted by Crippen LogP contribution is 2.31. The first-order valence-electron chi connectivity index (χ1n) is 7.80. The fourth-order valence-electron chi connectivity index (χ4n) is 2.79. The summed E-state index contributed by atoms with van der Waals surface area (Å²) in [5.41, 5.74) is 0. The maximum atomic E-state index is 12.5. The molecule has 0 aromatic carbocycles. The standard InChI is InChI=1S/C14H26N2O4S/c1-20-14(17)3-2-10-21(18,19)16(13-4-5-13)11-12-6-8-15-9-7-12/h12-13,15H,2-11H2,1H3. The second-order valence-electron chi connectivity index (χ2n) is 5.99. The van der Waals surface area contributed by atoms with Crippen LogP contribution in [-0.2, 0) is 19.6 Å². The molecule has 122 valence electrons. The molecule has 0 atom stereocenters. The number of methoxy groups -OCH3 is 1. The van der Waals surface area contributed by atoms with Gasteiger partial charge in [0.1, 0.15) is 0 Å². The molecule has 0 amide bonds. The molecule has 1 aliphatic heterocycles. The first-order chi connectivity index (χ1) is 10.0. The van der Waals surface area contributed by atoms with E-state index in [2.05, 4.69) is 10.1 Å². The topological polar surface area (TPSA) is 75.7 Å². The summed E-state index contributed by atoms with van der Waals surface area (Å²) < 4.78 is 31.3. The van der Waals surface area contributed by atoms with Crippen LogP contribution in [0.1, 0.15) is 38.5 Å². The molecule has 1 heterocycles. The average Bonchev–Trinajstić information content (AvgIpc) is 3.29. The number of hydrogen-bond donors (Lipinski definition) is 1. The fourth-order valence-corrected chi connectivity index (χ4v) is 4.64. The van der Waals surface area contributed by atoms with Crippen molar-refractivity contribution in [2.24, 2.45) is 5.92 Å². The molecule has 0 spiro atoms. The number of ether oxygens (including phenoxy) is 1. The van der Waals surface area contributed by atoms with E-state index in [9.17, 15) is 13.2 Å². The molecule has 1 N–H and O–H groups in total. The van der Waals surface area contributed by atoms with Gasteiger partial charge in [-0.15, -0.1) is 0 Å². The monoisotopic (exact) mass is 318 g/mol. The van der Waals surface area contributed by atoms with Crippen LogP contribution in [0.4, 0.5) is 0 Å². The third kappa shape index (κ3) is 5.23. The van der Waals surface area contributed by atoms with E-state index in [1.165, 1.54) is 7.11 Å². The fraction of sp³-hybridized carbons (Fsp3) is 0.929. The van der Waals surface area contributed by atoms with Crippen LogP contribution in [0.2, 0.25) is 0 Å². The van der Waals surface area contributed by atoms with Gasteiger partial charge in [0, 0.05) is 19.0 Å². The molecule has 0 radical (unpaired) electrons. The largest absolute Gasteiger partial charge is 0.469 e. The zero-order valence-electron chi connectivity index (χ0n) is 12.7. The molecule has 0 bridgehead atoms. The second kappa shape index (κ2) is 7.56. The molecule has 0 unspecified atom stereocenters. The molecular weight excluding hydrogens is 292 g/mol. The Bertz CT molecular complexity index is 442. The molecule has 2 aliphatic rings. The maximum Gasteiger partial charge on any atom is 0.305 e. The van der Waals surface area contributed by atoms with E-state index in [-0.39, 0.29) is 24.2 Å². The van der Waals surface area contributed by atoms with Crippen molar-refractivity contribution in [2.45, 2.75) is 44.6 Å². The Morgan fingerprint density at radius 2 is 1.90 bits per heavy atom. The van der Waals surface area contributed by atoms with E-state index in [4.69, 9.17) is 0 Å². The molecule has 0 aromatic heterocycles. The van der Waals surface area contributed by atoms with Crippen molar-refractivity contribution >= 4 is 16.0 Å². The van der Waals surface area contributed by atoms with Crippen LogP contribution in [0.3, 0.4) is 0 Å². The Balaban J connectivity index is 1.88. The quantitative estimate of drug-likeness (QED) is 0.668. The number of carbonyl (C=O) groups excluding carboxylic acids is 1. The number of piperidine rings is 1. The van der Waals surface area contributed by atoms with Gasteiger partial charge in [0.05, 0.1) is 12.9 Å². The summed E-state index contributed by atoms with van der Waals surface area (Å²) in [6.45, 7) is 2.60. The average molecular weight is 318 g/mol. The Morgan fingerprint density at radius 1 is 1.24 bits per heavy atom. The number of nitrogens with one attached hydrogen (secondary N) is 1. The van der Waals surface area contributed by atoms with Gasteiger partial charge in [-0.2, -0.15) is 4.31 Å². The Kier molecular flexibility index (Phi) is 6.01. The smallest absolute Gasteiger partial charge is 0.305 e. The van der Waals surface area contributed by atoms with Crippen molar-refractivity contribution < 1.29 is 17.9 Å². The van der Waals surface area contributed by atoms with Crippen molar-refractivity contribution in [1.29, 1.82) is 0 Å². The van der Waals surface area contributed by atoms with E-state index in [0.717, 1.165) is 38.8 Å². The zero-order valence-corrected chi connectivity index (χ0v) is 13.5. The van der Waals surface area contributed by atoms with Crippen molar-refractivity contribution in [3.8, 4) is 0 Å². The predicted octanol–water partition coefficient (Wildman–Crippen LogP) is 0.733. The summed E-state index contributed by atoms with van der Waals surface area (Å²) in [5, 5.41) is 3.31. The highest BCUT2D eigenvalue weighted by molar-refractivity contribution is 7.89. The maximum absolute atomic E-state index is 12.5. The molecule has 1 saturated carbocycles. The lowest BCUT2D eigenvalue weighted by molar-refractivity contribution is -0.140. The number of esters is 1. The van der Waals surface area contributed by atoms with Gasteiger partial charge in [-0.3, -0.25) is 4.79 Å². The van der Waals surface area contributed by atoms with Gasteiger partial charge in [-0.25, -0.2) is 8.42 Å². The predicted molar refractivity (Wildman–Crippen MR) is 80.4 cm³/mol. The Hall–Kier alpha value is -0.660. The van der Waals surface area contributed by atoms with Crippen LogP contribution >= 0.6 is 0 Å². The van der Waals surface area contributed by atoms with Crippen LogP contribution in [0.15, 0.2) is 0 Å². The summed E-state index contributed by atoms with van der Waals surface area (Å²) in [4.78, 5) is 11.1. The molecule has 1 aliphatic carbocycles. The van der Waals surface area contributed by atoms with Gasteiger partial charge in [0.15, 0.2) is 0 Å². The lowest BCUT2D eigenvalue weighted by Crippen LogP contribution is -2.41. The first-order valence-corrected chi connectivity index (χ1v) is 9.41. The van der Waals surface area contributed by atoms with E-state index >= 15 is 0 Å². The minimum atomic E-state index is -3.26. The molecule has 7 heteroatoms. The SMILES string of the molecule is COC(=O)CCCS(=O)(=O)N(CC1CCNCC1)C1CC1. The van der Waals surface area contributed by atoms with Crippen molar-refractivity contribution in [3.05, 3.63) is 0 Å². The minimum absolute atomic E-state index is 0.0452. The lowest BCUT2D eigenvalue weighted by Gasteiger charge is -2.29. The first kappa shape index (κ1) is 16.7. The molecule has 21 heavy (non-hydrogen) atoms. The summed E-state index contributed by atoms with van der Waals surface area (Å²) >= 11 is 0. The van der Waals surface area contributed by atoms with Gasteiger partial charge in [-0.05, 0) is 51.1 Å². The third-order valence-electron chi connectivity index (χ3n) is 4.22. The van der Waals surface area contributed by atoms with Crippen LogP contribution in [-0.4, -0.2) is 57.2 Å². The number of rotatable bonds is 8. The summed E-state index contributed by atoms with van der Waals surface area (Å²) in [5.74, 6) is 0.160. The van der Waals surface area contributed by atoms with Crippen LogP contribution < -0.4 is 5.32 Å². The number of carbonyl (C=O) groups is 1. The van der Waals surface area contributed by atoms with Crippen LogP contribution in [0.5, 0.6) is 0 Å².